The molecule has 13 nitrogen and oxygen atoms in total. The third-order valence-corrected chi connectivity index (χ3v) is 5.75. The number of thiazole rings is 1. The van der Waals surface area contributed by atoms with Gasteiger partial charge >= 0.3 is 5.97 Å². The first-order chi connectivity index (χ1) is 15.8. The normalized spacial score (nSPS) is 12.7. The second-order valence-electron chi connectivity index (χ2n) is 6.70. The fourth-order valence-electron chi connectivity index (χ4n) is 3.15. The van der Waals surface area contributed by atoms with Crippen molar-refractivity contribution in [2.24, 2.45) is 4.99 Å². The highest BCUT2D eigenvalue weighted by Gasteiger charge is 2.21. The number of non-ortho nitro benzene ring substituents is 2. The quantitative estimate of drug-likeness (QED) is 0.296. The van der Waals surface area contributed by atoms with Crippen molar-refractivity contribution in [1.82, 2.24) is 4.57 Å². The first-order valence-corrected chi connectivity index (χ1v) is 10.1. The van der Waals surface area contributed by atoms with Crippen LogP contribution in [0.3, 0.4) is 0 Å². The lowest BCUT2D eigenvalue weighted by Crippen LogP contribution is -2.19. The Kier molecular flexibility index (Phi) is 5.74. The largest absolute Gasteiger partial charge is 0.469 e. The highest BCUT2D eigenvalue weighted by atomic mass is 32.1. The van der Waals surface area contributed by atoms with Crippen LogP contribution in [0.4, 0.5) is 11.4 Å². The van der Waals surface area contributed by atoms with Gasteiger partial charge in [-0.3, -0.25) is 29.8 Å². The maximum atomic E-state index is 12.8. The van der Waals surface area contributed by atoms with Crippen LogP contribution in [-0.4, -0.2) is 40.2 Å². The summed E-state index contributed by atoms with van der Waals surface area (Å²) in [4.78, 5) is 49.3. The van der Waals surface area contributed by atoms with Crippen LogP contribution in [0, 0.1) is 20.2 Å². The van der Waals surface area contributed by atoms with E-state index in [0.29, 0.717) is 21.7 Å². The molecule has 14 heteroatoms. The highest BCUT2D eigenvalue weighted by Crippen LogP contribution is 2.37. The molecule has 1 aliphatic heterocycles. The number of hydrogen-bond acceptors (Lipinski definition) is 10. The molecule has 0 saturated heterocycles. The Morgan fingerprint density at radius 2 is 1.73 bits per heavy atom. The number of esters is 1. The van der Waals surface area contributed by atoms with Crippen molar-refractivity contribution in [2.75, 3.05) is 13.9 Å². The fourth-order valence-corrected chi connectivity index (χ4v) is 4.21. The second-order valence-corrected chi connectivity index (χ2v) is 7.71. The Hall–Kier alpha value is -4.33. The van der Waals surface area contributed by atoms with E-state index in [0.717, 1.165) is 29.5 Å². The number of amides is 1. The number of aryl methyl sites for hydroxylation is 1. The van der Waals surface area contributed by atoms with Crippen LogP contribution in [0.2, 0.25) is 0 Å². The summed E-state index contributed by atoms with van der Waals surface area (Å²) in [6.45, 7) is 0.184. The smallest absolute Gasteiger partial charge is 0.307 e. The number of fused-ring (bicyclic) bond motifs is 2. The molecule has 0 unspecified atom stereocenters. The maximum absolute atomic E-state index is 12.8. The molecule has 33 heavy (non-hydrogen) atoms. The topological polar surface area (TPSA) is 165 Å². The molecular weight excluding hydrogens is 460 g/mol. The zero-order valence-corrected chi connectivity index (χ0v) is 17.7. The van der Waals surface area contributed by atoms with Gasteiger partial charge in [0.25, 0.3) is 17.3 Å². The van der Waals surface area contributed by atoms with E-state index in [-0.39, 0.29) is 30.1 Å². The minimum absolute atomic E-state index is 0.0135. The van der Waals surface area contributed by atoms with Crippen LogP contribution in [-0.2, 0) is 16.1 Å². The van der Waals surface area contributed by atoms with Gasteiger partial charge in [-0.1, -0.05) is 11.3 Å². The van der Waals surface area contributed by atoms with Crippen LogP contribution in [0.5, 0.6) is 11.5 Å². The Bertz CT molecular complexity index is 1360. The lowest BCUT2D eigenvalue weighted by Gasteiger charge is -2.05. The summed E-state index contributed by atoms with van der Waals surface area (Å²) in [5.74, 6) is -0.398. The van der Waals surface area contributed by atoms with Crippen molar-refractivity contribution in [3.05, 3.63) is 60.9 Å². The molecule has 0 radical (unpaired) electrons. The molecule has 0 bridgehead atoms. The van der Waals surface area contributed by atoms with Crippen LogP contribution in [0.15, 0.2) is 35.3 Å². The molecular formula is C19H14N4O9S. The summed E-state index contributed by atoms with van der Waals surface area (Å²) in [6.07, 6.45) is -0.0135. The fraction of sp³-hybridized carbons (Fsp3) is 0.211. The summed E-state index contributed by atoms with van der Waals surface area (Å²) in [6, 6.07) is 5.99. The predicted molar refractivity (Wildman–Crippen MR) is 112 cm³/mol. The van der Waals surface area contributed by atoms with Gasteiger partial charge < -0.3 is 18.8 Å². The Balaban J connectivity index is 1.83. The molecule has 2 aromatic carbocycles. The predicted octanol–water partition coefficient (Wildman–Crippen LogP) is 2.55. The van der Waals surface area contributed by atoms with Crippen molar-refractivity contribution >= 4 is 44.8 Å². The molecule has 3 aromatic rings. The van der Waals surface area contributed by atoms with E-state index < -0.39 is 33.1 Å². The number of methoxy groups -OCH3 is 1. The van der Waals surface area contributed by atoms with Crippen LogP contribution >= 0.6 is 11.3 Å². The van der Waals surface area contributed by atoms with Gasteiger partial charge in [0.2, 0.25) is 6.79 Å². The number of nitro benzene ring substituents is 2. The van der Waals surface area contributed by atoms with Crippen molar-refractivity contribution in [3.8, 4) is 11.5 Å². The summed E-state index contributed by atoms with van der Waals surface area (Å²) in [5, 5.41) is 22.3. The van der Waals surface area contributed by atoms with Crippen molar-refractivity contribution in [3.63, 3.8) is 0 Å². The molecule has 0 aliphatic carbocycles. The number of ether oxygens (including phenoxy) is 3. The third kappa shape index (κ3) is 4.36. The van der Waals surface area contributed by atoms with Crippen LogP contribution in [0.1, 0.15) is 16.8 Å². The summed E-state index contributed by atoms with van der Waals surface area (Å²) >= 11 is 1.11. The molecule has 1 amide bonds. The molecule has 0 atom stereocenters. The van der Waals surface area contributed by atoms with E-state index in [2.05, 4.69) is 9.73 Å². The zero-order chi connectivity index (χ0) is 23.7. The molecule has 1 aliphatic rings. The summed E-state index contributed by atoms with van der Waals surface area (Å²) in [7, 11) is 1.25. The number of rotatable bonds is 6. The number of carbonyl (C=O) groups excluding carboxylic acids is 2. The van der Waals surface area contributed by atoms with E-state index >= 15 is 0 Å². The minimum atomic E-state index is -0.916. The van der Waals surface area contributed by atoms with Gasteiger partial charge in [-0.15, -0.1) is 0 Å². The number of nitrogens with zero attached hydrogens (tertiary/aromatic N) is 4. The lowest BCUT2D eigenvalue weighted by molar-refractivity contribution is -0.394. The number of benzene rings is 2. The van der Waals surface area contributed by atoms with Crippen molar-refractivity contribution < 1.29 is 33.6 Å². The number of carbonyl (C=O) groups is 2. The van der Waals surface area contributed by atoms with Gasteiger partial charge in [-0.05, 0) is 0 Å². The summed E-state index contributed by atoms with van der Waals surface area (Å²) in [5.41, 5.74) is -0.918. The molecule has 0 spiro atoms. The number of aromatic nitrogens is 1. The molecule has 1 aromatic heterocycles. The summed E-state index contributed by atoms with van der Waals surface area (Å²) < 4.78 is 17.7. The van der Waals surface area contributed by atoms with Crippen molar-refractivity contribution in [1.29, 1.82) is 0 Å². The van der Waals surface area contributed by atoms with E-state index in [1.54, 1.807) is 16.7 Å². The van der Waals surface area contributed by atoms with Gasteiger partial charge in [-0.25, -0.2) is 0 Å². The molecule has 170 valence electrons. The minimum Gasteiger partial charge on any atom is -0.469 e. The Labute approximate surface area is 187 Å². The first kappa shape index (κ1) is 21.9. The third-order valence-electron chi connectivity index (χ3n) is 4.71. The average molecular weight is 474 g/mol. The van der Waals surface area contributed by atoms with Gasteiger partial charge in [0, 0.05) is 30.8 Å². The van der Waals surface area contributed by atoms with E-state index in [4.69, 9.17) is 9.47 Å². The van der Waals surface area contributed by atoms with Crippen molar-refractivity contribution in [2.45, 2.75) is 13.0 Å². The van der Waals surface area contributed by atoms with Gasteiger partial charge in [-0.2, -0.15) is 4.99 Å². The maximum Gasteiger partial charge on any atom is 0.307 e. The van der Waals surface area contributed by atoms with Gasteiger partial charge in [0.05, 0.1) is 45.2 Å². The average Bonchev–Trinajstić information content (AvgIpc) is 3.38. The van der Waals surface area contributed by atoms with Crippen LogP contribution < -0.4 is 14.3 Å². The monoisotopic (exact) mass is 474 g/mol. The second kappa shape index (κ2) is 8.66. The lowest BCUT2D eigenvalue weighted by atomic mass is 10.1. The zero-order valence-electron chi connectivity index (χ0n) is 16.9. The molecule has 0 N–H and O–H groups in total. The van der Waals surface area contributed by atoms with E-state index in [1.165, 1.54) is 7.11 Å². The number of nitro groups is 2. The van der Waals surface area contributed by atoms with E-state index in [1.807, 2.05) is 0 Å². The highest BCUT2D eigenvalue weighted by molar-refractivity contribution is 7.16. The molecule has 0 fully saturated rings. The van der Waals surface area contributed by atoms with Crippen LogP contribution in [0.25, 0.3) is 10.2 Å². The first-order valence-electron chi connectivity index (χ1n) is 9.29. The Morgan fingerprint density at radius 3 is 2.33 bits per heavy atom. The van der Waals surface area contributed by atoms with Gasteiger partial charge in [0.15, 0.2) is 16.3 Å². The number of hydrogen-bond donors (Lipinski definition) is 0. The van der Waals surface area contributed by atoms with Gasteiger partial charge in [0.1, 0.15) is 0 Å². The molecule has 4 rings (SSSR count). The SMILES string of the molecule is COC(=O)CCn1c(=NC(=O)c2cc([N+](=O)[O-])cc([N+](=O)[O-])c2)sc2cc3c(cc21)OCO3. The standard InChI is InChI=1S/C19H14N4O9S/c1-30-17(24)2-3-21-13-7-14-15(32-9-31-14)8-16(13)33-19(21)20-18(25)10-4-11(22(26)27)6-12(5-10)23(28)29/h4-8H,2-3,9H2,1H3. The Morgan fingerprint density at radius 1 is 1.09 bits per heavy atom. The molecule has 0 saturated carbocycles. The van der Waals surface area contributed by atoms with E-state index in [9.17, 15) is 29.8 Å². The molecule has 2 heterocycles.